The second kappa shape index (κ2) is 11.6. The highest BCUT2D eigenvalue weighted by atomic mass is 35.5. The number of hydrogen-bond acceptors (Lipinski definition) is 2. The molecule has 3 aromatic carbocycles. The van der Waals surface area contributed by atoms with Crippen LogP contribution in [0, 0.1) is 22.9 Å². The summed E-state index contributed by atoms with van der Waals surface area (Å²) in [6.07, 6.45) is 0. The third-order valence-electron chi connectivity index (χ3n) is 4.74. The van der Waals surface area contributed by atoms with Crippen LogP contribution in [0.1, 0.15) is 11.1 Å². The Bertz CT molecular complexity index is 1240. The molecule has 0 aliphatic rings. The monoisotopic (exact) mass is 588 g/mol. The minimum Gasteiger partial charge on any atom is -0.353 e. The first-order valence-corrected chi connectivity index (χ1v) is 19.9. The van der Waals surface area contributed by atoms with Crippen molar-refractivity contribution in [2.24, 2.45) is 0 Å². The molecule has 0 atom stereocenters. The largest absolute Gasteiger partial charge is 0.353 e. The maximum Gasteiger partial charge on any atom is 0.129 e. The predicted octanol–water partition coefficient (Wildman–Crippen LogP) is 10.2. The fraction of sp³-hybridized carbons (Fsp3) is 0.214. The standard InChI is InChI=1S/C28H28Cl4N2Si2/c1-35(2,3)17-15-19-7-11-21(12-8-19)33-27-23(29)25(31)28(26(32)24(27)30)34-22-13-9-20(10-14-22)16-18-36(4,5)6/h7-14,33-34H,1-6H3. The molecule has 0 aliphatic heterocycles. The summed E-state index contributed by atoms with van der Waals surface area (Å²) in [6.45, 7) is 13.3. The van der Waals surface area contributed by atoms with Crippen molar-refractivity contribution in [1.82, 2.24) is 0 Å². The number of anilines is 4. The summed E-state index contributed by atoms with van der Waals surface area (Å²) in [5, 5.41) is 7.56. The van der Waals surface area contributed by atoms with Gasteiger partial charge in [0, 0.05) is 22.5 Å². The van der Waals surface area contributed by atoms with Gasteiger partial charge in [0.05, 0.1) is 31.5 Å². The number of rotatable bonds is 4. The van der Waals surface area contributed by atoms with Gasteiger partial charge in [0.25, 0.3) is 0 Å². The van der Waals surface area contributed by atoms with Crippen LogP contribution in [0.5, 0.6) is 0 Å². The third-order valence-corrected chi connectivity index (χ3v) is 8.19. The number of benzene rings is 3. The lowest BCUT2D eigenvalue weighted by molar-refractivity contribution is 1.50. The summed E-state index contributed by atoms with van der Waals surface area (Å²) in [4.78, 5) is 0. The van der Waals surface area contributed by atoms with Crippen LogP contribution in [0.4, 0.5) is 22.7 Å². The van der Waals surface area contributed by atoms with Crippen molar-refractivity contribution in [1.29, 1.82) is 0 Å². The zero-order valence-corrected chi connectivity index (χ0v) is 26.2. The van der Waals surface area contributed by atoms with E-state index in [1.165, 1.54) is 0 Å². The van der Waals surface area contributed by atoms with Crippen LogP contribution >= 0.6 is 46.4 Å². The maximum atomic E-state index is 6.62. The molecule has 0 unspecified atom stereocenters. The quantitative estimate of drug-likeness (QED) is 0.180. The van der Waals surface area contributed by atoms with Gasteiger partial charge < -0.3 is 10.6 Å². The van der Waals surface area contributed by atoms with Gasteiger partial charge in [-0.2, -0.15) is 0 Å². The minimum absolute atomic E-state index is 0.272. The molecular weight excluding hydrogens is 562 g/mol. The molecule has 2 nitrogen and oxygen atoms in total. The summed E-state index contributed by atoms with van der Waals surface area (Å²) in [5.41, 5.74) is 11.1. The fourth-order valence-electron chi connectivity index (χ4n) is 2.93. The molecule has 36 heavy (non-hydrogen) atoms. The fourth-order valence-corrected chi connectivity index (χ4v) is 5.01. The minimum atomic E-state index is -1.44. The van der Waals surface area contributed by atoms with Crippen LogP contribution in [-0.2, 0) is 0 Å². The van der Waals surface area contributed by atoms with E-state index in [0.717, 1.165) is 22.5 Å². The molecular formula is C28H28Cl4N2Si2. The molecule has 0 bridgehead atoms. The van der Waals surface area contributed by atoms with E-state index in [0.29, 0.717) is 11.4 Å². The summed E-state index contributed by atoms with van der Waals surface area (Å²) >= 11 is 26.5. The smallest absolute Gasteiger partial charge is 0.129 e. The molecule has 0 saturated carbocycles. The molecule has 0 radical (unpaired) electrons. The van der Waals surface area contributed by atoms with Gasteiger partial charge in [0.15, 0.2) is 0 Å². The molecule has 3 rings (SSSR count). The molecule has 0 aromatic heterocycles. The van der Waals surface area contributed by atoms with Crippen LogP contribution < -0.4 is 10.6 Å². The van der Waals surface area contributed by atoms with Gasteiger partial charge >= 0.3 is 0 Å². The first-order valence-electron chi connectivity index (χ1n) is 11.4. The highest BCUT2D eigenvalue weighted by Gasteiger charge is 2.21. The van der Waals surface area contributed by atoms with Crippen LogP contribution in [0.25, 0.3) is 0 Å². The molecule has 0 fully saturated rings. The SMILES string of the molecule is C[Si](C)(C)C#Cc1ccc(Nc2c(Cl)c(Cl)c(Nc3ccc(C#C[Si](C)(C)C)cc3)c(Cl)c2Cl)cc1. The van der Waals surface area contributed by atoms with Gasteiger partial charge in [-0.1, -0.05) is 97.5 Å². The molecule has 2 N–H and O–H groups in total. The Morgan fingerprint density at radius 3 is 1.03 bits per heavy atom. The first kappa shape index (κ1) is 28.5. The second-order valence-corrected chi connectivity index (χ2v) is 21.4. The summed E-state index contributed by atoms with van der Waals surface area (Å²) in [5.74, 6) is 6.48. The average molecular weight is 591 g/mol. The van der Waals surface area contributed by atoms with Gasteiger partial charge in [-0.3, -0.25) is 0 Å². The highest BCUT2D eigenvalue weighted by Crippen LogP contribution is 2.49. The molecule has 0 heterocycles. The Kier molecular flexibility index (Phi) is 9.17. The van der Waals surface area contributed by atoms with Crippen molar-refractivity contribution in [2.75, 3.05) is 10.6 Å². The topological polar surface area (TPSA) is 24.1 Å². The summed E-state index contributed by atoms with van der Waals surface area (Å²) in [7, 11) is -2.88. The Hall–Kier alpha value is -2.03. The summed E-state index contributed by atoms with van der Waals surface area (Å²) in [6, 6.07) is 15.5. The van der Waals surface area contributed by atoms with Crippen molar-refractivity contribution < 1.29 is 0 Å². The Morgan fingerprint density at radius 1 is 0.500 bits per heavy atom. The maximum absolute atomic E-state index is 6.62. The van der Waals surface area contributed by atoms with E-state index in [1.54, 1.807) is 0 Å². The van der Waals surface area contributed by atoms with E-state index in [2.05, 4.69) is 72.8 Å². The Labute approximate surface area is 236 Å². The van der Waals surface area contributed by atoms with Crippen LogP contribution in [0.3, 0.4) is 0 Å². The highest BCUT2D eigenvalue weighted by molar-refractivity contribution is 6.84. The van der Waals surface area contributed by atoms with Gasteiger partial charge in [0.1, 0.15) is 16.1 Å². The zero-order chi connectivity index (χ0) is 26.7. The number of halogens is 4. The molecule has 0 amide bonds. The lowest BCUT2D eigenvalue weighted by Crippen LogP contribution is -2.16. The van der Waals surface area contributed by atoms with Crippen molar-refractivity contribution in [3.05, 3.63) is 79.7 Å². The zero-order valence-electron chi connectivity index (χ0n) is 21.1. The van der Waals surface area contributed by atoms with Crippen molar-refractivity contribution in [3.63, 3.8) is 0 Å². The molecule has 8 heteroatoms. The van der Waals surface area contributed by atoms with E-state index >= 15 is 0 Å². The molecule has 3 aromatic rings. The summed E-state index contributed by atoms with van der Waals surface area (Å²) < 4.78 is 0. The van der Waals surface area contributed by atoms with Gasteiger partial charge in [-0.15, -0.1) is 11.1 Å². The molecule has 186 valence electrons. The average Bonchev–Trinajstić information content (AvgIpc) is 2.81. The normalized spacial score (nSPS) is 11.2. The van der Waals surface area contributed by atoms with E-state index in [9.17, 15) is 0 Å². The number of nitrogens with one attached hydrogen (secondary N) is 2. The third kappa shape index (κ3) is 7.99. The van der Waals surface area contributed by atoms with Crippen LogP contribution in [0.15, 0.2) is 48.5 Å². The van der Waals surface area contributed by atoms with Crippen molar-refractivity contribution in [2.45, 2.75) is 39.3 Å². The van der Waals surface area contributed by atoms with Crippen molar-refractivity contribution >= 4 is 85.3 Å². The lowest BCUT2D eigenvalue weighted by Gasteiger charge is -2.18. The van der Waals surface area contributed by atoms with Gasteiger partial charge in [-0.05, 0) is 48.5 Å². The Balaban J connectivity index is 1.84. The van der Waals surface area contributed by atoms with Crippen LogP contribution in [-0.4, -0.2) is 16.1 Å². The predicted molar refractivity (Wildman–Crippen MR) is 166 cm³/mol. The van der Waals surface area contributed by atoms with E-state index < -0.39 is 16.1 Å². The first-order chi connectivity index (χ1) is 16.7. The molecule has 0 spiro atoms. The van der Waals surface area contributed by atoms with Crippen LogP contribution in [0.2, 0.25) is 59.4 Å². The second-order valence-electron chi connectivity index (χ2n) is 10.4. The van der Waals surface area contributed by atoms with E-state index in [1.807, 2.05) is 48.5 Å². The Morgan fingerprint density at radius 2 is 0.778 bits per heavy atom. The lowest BCUT2D eigenvalue weighted by atomic mass is 10.2. The number of hydrogen-bond donors (Lipinski definition) is 2. The van der Waals surface area contributed by atoms with Gasteiger partial charge in [0.2, 0.25) is 0 Å². The van der Waals surface area contributed by atoms with E-state index in [4.69, 9.17) is 46.4 Å². The molecule has 0 aliphatic carbocycles. The van der Waals surface area contributed by atoms with E-state index in [-0.39, 0.29) is 20.1 Å². The molecule has 0 saturated heterocycles. The van der Waals surface area contributed by atoms with Gasteiger partial charge in [-0.25, -0.2) is 0 Å². The van der Waals surface area contributed by atoms with Crippen molar-refractivity contribution in [3.8, 4) is 22.9 Å².